The highest BCUT2D eigenvalue weighted by Crippen LogP contribution is 2.30. The maximum Gasteiger partial charge on any atom is 0.281 e. The van der Waals surface area contributed by atoms with E-state index < -0.39 is 11.5 Å². The molecule has 0 aliphatic carbocycles. The minimum absolute atomic E-state index is 0.0502. The molecular weight excluding hydrogens is 508 g/mol. The van der Waals surface area contributed by atoms with E-state index in [1.165, 1.54) is 12.3 Å². The lowest BCUT2D eigenvalue weighted by Gasteiger charge is -2.27. The van der Waals surface area contributed by atoms with Crippen molar-refractivity contribution < 1.29 is 15.0 Å². The summed E-state index contributed by atoms with van der Waals surface area (Å²) < 4.78 is 0.884. The molecule has 7 nitrogen and oxygen atoms in total. The van der Waals surface area contributed by atoms with Crippen molar-refractivity contribution in [2.75, 3.05) is 0 Å². The van der Waals surface area contributed by atoms with E-state index >= 15 is 0 Å². The highest BCUT2D eigenvalue weighted by molar-refractivity contribution is 9.10. The molecule has 3 N–H and O–H groups in total. The summed E-state index contributed by atoms with van der Waals surface area (Å²) in [6, 6.07) is 29.3. The Kier molecular flexibility index (Phi) is 7.45. The number of nitrogens with one attached hydrogen (secondary N) is 1. The topological polar surface area (TPSA) is 107 Å². The van der Waals surface area contributed by atoms with E-state index in [0.717, 1.165) is 4.47 Å². The number of benzene rings is 4. The monoisotopic (exact) mass is 528 g/mol. The summed E-state index contributed by atoms with van der Waals surface area (Å²) in [4.78, 5) is 13.1. The number of rotatable bonds is 7. The molecule has 0 unspecified atom stereocenters. The van der Waals surface area contributed by atoms with Crippen molar-refractivity contribution in [2.45, 2.75) is 5.60 Å². The van der Waals surface area contributed by atoms with Crippen LogP contribution in [0.25, 0.3) is 0 Å². The van der Waals surface area contributed by atoms with Gasteiger partial charge in [0.05, 0.1) is 17.6 Å². The number of halogens is 1. The molecule has 0 atom stereocenters. The van der Waals surface area contributed by atoms with Crippen LogP contribution in [0.5, 0.6) is 5.75 Å². The minimum atomic E-state index is -1.96. The number of hydrogen-bond donors (Lipinski definition) is 3. The second kappa shape index (κ2) is 10.9. The Morgan fingerprint density at radius 2 is 1.40 bits per heavy atom. The fraction of sp³-hybridized carbons (Fsp3) is 0.0370. The molecule has 4 aromatic carbocycles. The number of amides is 1. The summed E-state index contributed by atoms with van der Waals surface area (Å²) in [5, 5.41) is 34.0. The number of aromatic hydroxyl groups is 1. The van der Waals surface area contributed by atoms with Gasteiger partial charge in [-0.05, 0) is 47.5 Å². The van der Waals surface area contributed by atoms with E-state index in [2.05, 4.69) is 36.7 Å². The summed E-state index contributed by atoms with van der Waals surface area (Å²) in [7, 11) is 0. The van der Waals surface area contributed by atoms with Gasteiger partial charge < -0.3 is 10.2 Å². The third-order valence-electron chi connectivity index (χ3n) is 5.18. The van der Waals surface area contributed by atoms with E-state index in [1.54, 1.807) is 72.8 Å². The van der Waals surface area contributed by atoms with Crippen molar-refractivity contribution in [3.8, 4) is 5.75 Å². The van der Waals surface area contributed by atoms with Crippen molar-refractivity contribution in [1.82, 2.24) is 5.43 Å². The average Bonchev–Trinajstić information content (AvgIpc) is 2.89. The first-order valence-electron chi connectivity index (χ1n) is 10.6. The van der Waals surface area contributed by atoms with Crippen molar-refractivity contribution in [2.24, 2.45) is 15.3 Å². The van der Waals surface area contributed by atoms with Crippen LogP contribution in [-0.2, 0) is 10.4 Å². The van der Waals surface area contributed by atoms with Gasteiger partial charge in [-0.25, -0.2) is 5.43 Å². The van der Waals surface area contributed by atoms with Crippen molar-refractivity contribution in [3.63, 3.8) is 0 Å². The van der Waals surface area contributed by atoms with E-state index in [4.69, 9.17) is 0 Å². The fourth-order valence-electron chi connectivity index (χ4n) is 3.39. The van der Waals surface area contributed by atoms with Gasteiger partial charge in [-0.15, -0.1) is 0 Å². The number of hydrazone groups is 1. The maximum atomic E-state index is 13.1. The van der Waals surface area contributed by atoms with Crippen LogP contribution < -0.4 is 5.43 Å². The first-order valence-corrected chi connectivity index (χ1v) is 11.4. The second-order valence-corrected chi connectivity index (χ2v) is 8.48. The van der Waals surface area contributed by atoms with Crippen LogP contribution in [0.2, 0.25) is 0 Å². The second-order valence-electron chi connectivity index (χ2n) is 7.56. The summed E-state index contributed by atoms with van der Waals surface area (Å²) in [5.74, 6) is -0.790. The van der Waals surface area contributed by atoms with Crippen molar-refractivity contribution >= 4 is 39.4 Å². The molecular formula is C27H21BrN4O3. The summed E-state index contributed by atoms with van der Waals surface area (Å²) in [6.45, 7) is 0. The highest BCUT2D eigenvalue weighted by Gasteiger charge is 2.39. The van der Waals surface area contributed by atoms with Crippen molar-refractivity contribution in [1.29, 1.82) is 0 Å². The van der Waals surface area contributed by atoms with E-state index in [9.17, 15) is 15.0 Å². The normalized spacial score (nSPS) is 11.7. The zero-order valence-electron chi connectivity index (χ0n) is 18.4. The lowest BCUT2D eigenvalue weighted by atomic mass is 9.85. The van der Waals surface area contributed by atoms with Gasteiger partial charge in [0, 0.05) is 10.0 Å². The van der Waals surface area contributed by atoms with Crippen LogP contribution in [-0.4, -0.2) is 22.3 Å². The predicted molar refractivity (Wildman–Crippen MR) is 138 cm³/mol. The fourth-order valence-corrected chi connectivity index (χ4v) is 3.78. The molecule has 1 amide bonds. The van der Waals surface area contributed by atoms with Crippen molar-refractivity contribution in [3.05, 3.63) is 124 Å². The maximum absolute atomic E-state index is 13.1. The Labute approximate surface area is 210 Å². The van der Waals surface area contributed by atoms with Gasteiger partial charge in [-0.1, -0.05) is 82.7 Å². The molecule has 8 heteroatoms. The zero-order chi connectivity index (χ0) is 24.7. The van der Waals surface area contributed by atoms with E-state index in [1.807, 2.05) is 24.3 Å². The molecule has 4 aromatic rings. The van der Waals surface area contributed by atoms with Gasteiger partial charge in [0.25, 0.3) is 5.91 Å². The first-order chi connectivity index (χ1) is 17.0. The van der Waals surface area contributed by atoms with Crippen LogP contribution in [0.1, 0.15) is 16.7 Å². The predicted octanol–water partition coefficient (Wildman–Crippen LogP) is 5.96. The number of phenolic OH excluding ortho intramolecular Hbond substituents is 1. The largest absolute Gasteiger partial charge is 0.507 e. The number of hydrogen-bond acceptors (Lipinski definition) is 6. The molecule has 0 aliphatic heterocycles. The van der Waals surface area contributed by atoms with E-state index in [-0.39, 0.29) is 5.75 Å². The molecule has 0 aromatic heterocycles. The molecule has 0 fully saturated rings. The lowest BCUT2D eigenvalue weighted by molar-refractivity contribution is -0.136. The quantitative estimate of drug-likeness (QED) is 0.156. The Balaban J connectivity index is 1.55. The Bertz CT molecular complexity index is 1340. The Morgan fingerprint density at radius 1 is 0.800 bits per heavy atom. The van der Waals surface area contributed by atoms with Crippen LogP contribution in [0.3, 0.4) is 0 Å². The Hall–Kier alpha value is -4.14. The SMILES string of the molecule is O=C(N/N=C\c1cc(N=Nc2cccc(Br)c2)ccc1O)C(O)(c1ccccc1)c1ccccc1. The standard InChI is InChI=1S/C27H21BrN4O3/c28-22-12-7-13-23(17-22)30-31-24-14-15-25(33)19(16-24)18-29-32-26(34)27(35,20-8-3-1-4-9-20)21-10-5-2-6-11-21/h1-18,33,35H,(H,32,34)/b29-18-,31-30?. The highest BCUT2D eigenvalue weighted by atomic mass is 79.9. The van der Waals surface area contributed by atoms with Gasteiger partial charge in [-0.2, -0.15) is 15.3 Å². The van der Waals surface area contributed by atoms with Gasteiger partial charge in [0.1, 0.15) is 5.75 Å². The number of carbonyl (C=O) groups excluding carboxylic acids is 1. The molecule has 4 rings (SSSR count). The number of carbonyl (C=O) groups is 1. The smallest absolute Gasteiger partial charge is 0.281 e. The number of azo groups is 1. The molecule has 0 spiro atoms. The average molecular weight is 529 g/mol. The Morgan fingerprint density at radius 3 is 2.00 bits per heavy atom. The molecule has 0 saturated heterocycles. The van der Waals surface area contributed by atoms with Gasteiger partial charge >= 0.3 is 0 Å². The molecule has 35 heavy (non-hydrogen) atoms. The van der Waals surface area contributed by atoms with Gasteiger partial charge in [0.15, 0.2) is 5.60 Å². The molecule has 0 radical (unpaired) electrons. The molecule has 0 heterocycles. The third kappa shape index (κ3) is 5.68. The molecule has 174 valence electrons. The van der Waals surface area contributed by atoms with Gasteiger partial charge in [0.2, 0.25) is 0 Å². The molecule has 0 aliphatic rings. The van der Waals surface area contributed by atoms with Gasteiger partial charge in [-0.3, -0.25) is 4.79 Å². The zero-order valence-corrected chi connectivity index (χ0v) is 20.0. The summed E-state index contributed by atoms with van der Waals surface area (Å²) in [6.07, 6.45) is 1.28. The van der Waals surface area contributed by atoms with Crippen LogP contribution in [0.15, 0.2) is 123 Å². The third-order valence-corrected chi connectivity index (χ3v) is 5.67. The van der Waals surface area contributed by atoms with Crippen LogP contribution >= 0.6 is 15.9 Å². The molecule has 0 bridgehead atoms. The lowest BCUT2D eigenvalue weighted by Crippen LogP contribution is -2.43. The van der Waals surface area contributed by atoms with Crippen LogP contribution in [0.4, 0.5) is 11.4 Å². The number of nitrogens with zero attached hydrogens (tertiary/aromatic N) is 3. The number of phenols is 1. The summed E-state index contributed by atoms with van der Waals surface area (Å²) in [5.41, 5.74) is 2.70. The van der Waals surface area contributed by atoms with Crippen LogP contribution in [0, 0.1) is 0 Å². The molecule has 0 saturated carbocycles. The van der Waals surface area contributed by atoms with E-state index in [0.29, 0.717) is 28.1 Å². The number of aliphatic hydroxyl groups is 1. The summed E-state index contributed by atoms with van der Waals surface area (Å²) >= 11 is 3.39. The minimum Gasteiger partial charge on any atom is -0.507 e. The first kappa shape index (κ1) is 24.0.